The fraction of sp³-hybridized carbons (Fsp3) is 0.667. The molecule has 2 nitrogen and oxygen atoms in total. The number of likely N-dealkylation sites (N-methyl/N-ethyl adjacent to an activating group) is 1. The first kappa shape index (κ1) is 15.5. The molecule has 1 aliphatic rings. The number of fused-ring (bicyclic) bond motifs is 1. The van der Waals surface area contributed by atoms with Crippen LogP contribution >= 0.6 is 0 Å². The van der Waals surface area contributed by atoms with Gasteiger partial charge in [0.2, 0.25) is 0 Å². The highest BCUT2D eigenvalue weighted by molar-refractivity contribution is 5.35. The Kier molecular flexibility index (Phi) is 6.55. The first-order valence-corrected chi connectivity index (χ1v) is 8.25. The van der Waals surface area contributed by atoms with E-state index in [4.69, 9.17) is 4.74 Å². The molecule has 1 aromatic carbocycles. The topological polar surface area (TPSA) is 21.3 Å². The maximum Gasteiger partial charge on any atom is 0.0480 e. The molecule has 0 spiro atoms. The smallest absolute Gasteiger partial charge is 0.0480 e. The number of nitrogens with one attached hydrogen (secondary N) is 1. The molecular weight excluding hydrogens is 246 g/mol. The van der Waals surface area contributed by atoms with E-state index < -0.39 is 0 Å². The van der Waals surface area contributed by atoms with Gasteiger partial charge in [0.15, 0.2) is 0 Å². The predicted molar refractivity (Wildman–Crippen MR) is 85.4 cm³/mol. The number of aryl methyl sites for hydroxylation is 2. The molecule has 1 N–H and O–H groups in total. The molecule has 1 atom stereocenters. The molecule has 0 heterocycles. The van der Waals surface area contributed by atoms with E-state index in [1.165, 1.54) is 24.8 Å². The van der Waals surface area contributed by atoms with E-state index in [0.717, 1.165) is 39.0 Å². The van der Waals surface area contributed by atoms with Crippen molar-refractivity contribution in [2.24, 2.45) is 0 Å². The molecule has 20 heavy (non-hydrogen) atoms. The summed E-state index contributed by atoms with van der Waals surface area (Å²) in [5.41, 5.74) is 4.63. The van der Waals surface area contributed by atoms with Crippen molar-refractivity contribution in [3.8, 4) is 0 Å². The quantitative estimate of drug-likeness (QED) is 0.696. The van der Waals surface area contributed by atoms with Crippen LogP contribution in [0.2, 0.25) is 0 Å². The lowest BCUT2D eigenvalue weighted by Gasteiger charge is -2.18. The summed E-state index contributed by atoms with van der Waals surface area (Å²) in [6.07, 6.45) is 7.21. The summed E-state index contributed by atoms with van der Waals surface area (Å²) >= 11 is 0. The van der Waals surface area contributed by atoms with E-state index in [0.29, 0.717) is 6.04 Å². The molecular formula is C18H29NO. The van der Waals surface area contributed by atoms with E-state index >= 15 is 0 Å². The van der Waals surface area contributed by atoms with Crippen LogP contribution < -0.4 is 5.32 Å². The van der Waals surface area contributed by atoms with Crippen LogP contribution in [0.5, 0.6) is 0 Å². The fourth-order valence-electron chi connectivity index (χ4n) is 3.07. The zero-order valence-electron chi connectivity index (χ0n) is 13.1. The second-order valence-corrected chi connectivity index (χ2v) is 5.82. The summed E-state index contributed by atoms with van der Waals surface area (Å²) in [4.78, 5) is 0. The highest BCUT2D eigenvalue weighted by atomic mass is 16.5. The molecule has 1 aliphatic carbocycles. The SMILES string of the molecule is CCCOCCC(Cc1ccc2c(c1)CCC2)NCC. The maximum atomic E-state index is 5.63. The van der Waals surface area contributed by atoms with Crippen LogP contribution in [0.3, 0.4) is 0 Å². The third-order valence-electron chi connectivity index (χ3n) is 4.10. The standard InChI is InChI=1S/C18H29NO/c1-3-11-20-12-10-18(19-4-2)14-15-8-9-16-6-5-7-17(16)13-15/h8-9,13,18-19H,3-7,10-12,14H2,1-2H3. The van der Waals surface area contributed by atoms with Crippen molar-refractivity contribution in [3.05, 3.63) is 34.9 Å². The first-order chi connectivity index (χ1) is 9.83. The minimum atomic E-state index is 0.538. The molecule has 0 radical (unpaired) electrons. The van der Waals surface area contributed by atoms with Crippen LogP contribution in [0.15, 0.2) is 18.2 Å². The minimum Gasteiger partial charge on any atom is -0.381 e. The van der Waals surface area contributed by atoms with Gasteiger partial charge in [-0.3, -0.25) is 0 Å². The van der Waals surface area contributed by atoms with Crippen LogP contribution in [-0.2, 0) is 24.0 Å². The Balaban J connectivity index is 1.86. The van der Waals surface area contributed by atoms with Crippen molar-refractivity contribution in [2.45, 2.75) is 58.4 Å². The van der Waals surface area contributed by atoms with Crippen molar-refractivity contribution >= 4 is 0 Å². The normalized spacial score (nSPS) is 15.3. The summed E-state index contributed by atoms with van der Waals surface area (Å²) in [7, 11) is 0. The van der Waals surface area contributed by atoms with Crippen LogP contribution in [0.4, 0.5) is 0 Å². The third kappa shape index (κ3) is 4.60. The Bertz CT molecular complexity index is 402. The molecule has 0 aliphatic heterocycles. The van der Waals surface area contributed by atoms with E-state index in [-0.39, 0.29) is 0 Å². The average Bonchev–Trinajstić information content (AvgIpc) is 2.91. The molecule has 0 bridgehead atoms. The largest absolute Gasteiger partial charge is 0.381 e. The maximum absolute atomic E-state index is 5.63. The van der Waals surface area contributed by atoms with Gasteiger partial charge >= 0.3 is 0 Å². The van der Waals surface area contributed by atoms with Crippen molar-refractivity contribution in [3.63, 3.8) is 0 Å². The summed E-state index contributed by atoms with van der Waals surface area (Å²) in [5.74, 6) is 0. The zero-order valence-corrected chi connectivity index (χ0v) is 13.1. The highest BCUT2D eigenvalue weighted by Crippen LogP contribution is 2.23. The molecule has 112 valence electrons. The Morgan fingerprint density at radius 3 is 2.80 bits per heavy atom. The molecule has 0 saturated heterocycles. The molecule has 1 aromatic rings. The number of hydrogen-bond donors (Lipinski definition) is 1. The minimum absolute atomic E-state index is 0.538. The molecule has 0 fully saturated rings. The van der Waals surface area contributed by atoms with E-state index in [9.17, 15) is 0 Å². The highest BCUT2D eigenvalue weighted by Gasteiger charge is 2.13. The second-order valence-electron chi connectivity index (χ2n) is 5.82. The zero-order chi connectivity index (χ0) is 14.2. The number of rotatable bonds is 9. The number of hydrogen-bond acceptors (Lipinski definition) is 2. The summed E-state index contributed by atoms with van der Waals surface area (Å²) in [5, 5.41) is 3.60. The summed E-state index contributed by atoms with van der Waals surface area (Å²) in [6.45, 7) is 7.13. The molecule has 1 unspecified atom stereocenters. The van der Waals surface area contributed by atoms with Gasteiger partial charge in [0.25, 0.3) is 0 Å². The van der Waals surface area contributed by atoms with Gasteiger partial charge in [-0.1, -0.05) is 32.0 Å². The monoisotopic (exact) mass is 275 g/mol. The van der Waals surface area contributed by atoms with Crippen molar-refractivity contribution in [2.75, 3.05) is 19.8 Å². The molecule has 2 heteroatoms. The fourth-order valence-corrected chi connectivity index (χ4v) is 3.07. The van der Waals surface area contributed by atoms with Crippen LogP contribution in [0.25, 0.3) is 0 Å². The molecule has 0 amide bonds. The Morgan fingerprint density at radius 1 is 1.15 bits per heavy atom. The van der Waals surface area contributed by atoms with Gasteiger partial charge in [0, 0.05) is 19.3 Å². The van der Waals surface area contributed by atoms with Gasteiger partial charge in [-0.05, 0) is 61.8 Å². The van der Waals surface area contributed by atoms with Crippen LogP contribution in [0.1, 0.15) is 49.8 Å². The third-order valence-corrected chi connectivity index (χ3v) is 4.10. The lowest BCUT2D eigenvalue weighted by atomic mass is 9.99. The number of ether oxygens (including phenoxy) is 1. The van der Waals surface area contributed by atoms with Gasteiger partial charge in [0.05, 0.1) is 0 Å². The summed E-state index contributed by atoms with van der Waals surface area (Å²) < 4.78 is 5.63. The van der Waals surface area contributed by atoms with Crippen molar-refractivity contribution < 1.29 is 4.74 Å². The van der Waals surface area contributed by atoms with E-state index in [1.54, 1.807) is 11.1 Å². The van der Waals surface area contributed by atoms with Gasteiger partial charge in [0.1, 0.15) is 0 Å². The average molecular weight is 275 g/mol. The number of benzene rings is 1. The lowest BCUT2D eigenvalue weighted by molar-refractivity contribution is 0.124. The van der Waals surface area contributed by atoms with E-state index in [1.807, 2.05) is 0 Å². The van der Waals surface area contributed by atoms with E-state index in [2.05, 4.69) is 37.4 Å². The predicted octanol–water partition coefficient (Wildman–Crippen LogP) is 3.51. The van der Waals surface area contributed by atoms with Crippen LogP contribution in [0, 0.1) is 0 Å². The first-order valence-electron chi connectivity index (χ1n) is 8.25. The molecule has 2 rings (SSSR count). The molecule has 0 aromatic heterocycles. The van der Waals surface area contributed by atoms with Gasteiger partial charge in [-0.2, -0.15) is 0 Å². The Morgan fingerprint density at radius 2 is 2.00 bits per heavy atom. The van der Waals surface area contributed by atoms with Crippen molar-refractivity contribution in [1.82, 2.24) is 5.32 Å². The van der Waals surface area contributed by atoms with Gasteiger partial charge in [-0.15, -0.1) is 0 Å². The Labute approximate surface area is 123 Å². The van der Waals surface area contributed by atoms with Gasteiger partial charge in [-0.25, -0.2) is 0 Å². The Hall–Kier alpha value is -0.860. The second kappa shape index (κ2) is 8.43. The molecule has 0 saturated carbocycles. The summed E-state index contributed by atoms with van der Waals surface area (Å²) in [6, 6.07) is 7.63. The van der Waals surface area contributed by atoms with Crippen molar-refractivity contribution in [1.29, 1.82) is 0 Å². The van der Waals surface area contributed by atoms with Crippen LogP contribution in [-0.4, -0.2) is 25.8 Å². The lowest BCUT2D eigenvalue weighted by Crippen LogP contribution is -2.32. The van der Waals surface area contributed by atoms with Gasteiger partial charge < -0.3 is 10.1 Å².